The molecule has 3 aliphatic carbocycles. The molecule has 3 saturated carbocycles. The van der Waals surface area contributed by atoms with Gasteiger partial charge in [-0.15, -0.1) is 34.3 Å². The molecule has 145 heavy (non-hydrogen) atoms. The fourth-order valence-electron chi connectivity index (χ4n) is 19.2. The standard InChI is InChI=1S/C28H33N5O3.2C22H20F2N4O.C22H18N6O3S.C12H15BrClN3OS/c1-18(34)32-13-11-19(12-14-32)17-33-26(36)28(2,31-27(33)29)23-8-4-6-21(16-23)20-5-3-7-22(15-20)25(35)30-24-9-10-24;2*1-21(15-7-8-16(23)17(24)11-15)18(19(29)28(2)20(26)27-21)13-3-5-14(6-4-13)22(12-25)9-10-22;1-22(20-26-15(10-32-20)14-5-12(7-23)8-25-9-14)18(19(29)28(2)21(24)27-22)13-3-4-16-17(6-13)31-11-30-16;1-17-10(18)7-12(5-2-6-14,16-11(17)15)8-3-4-9(13)19-8/h3-8,15-16,19,24H,9-14,17H2,1-2H3,(H2,29,31)(H,30,35);2*3-8,11,18H,9-10H2,1-2H3,(H2,26,27);3-6,8-10,18H,11H2,1-2H3,(H2,24,27);3-4H,2,5-7H2,1H3,(H2,15,16)/t;18-,21+;18-,21-;18-,22-;12-/m.0100/s1. The Hall–Kier alpha value is -14.8. The Morgan fingerprint density at radius 1 is 0.552 bits per heavy atom. The van der Waals surface area contributed by atoms with Crippen LogP contribution < -0.4 is 43.5 Å². The Labute approximate surface area is 856 Å². The fourth-order valence-corrected chi connectivity index (χ4v) is 21.9. The largest absolute Gasteiger partial charge is 0.454 e. The summed E-state index contributed by atoms with van der Waals surface area (Å²) in [5.41, 5.74) is 33.8. The van der Waals surface area contributed by atoms with Crippen LogP contribution in [0.3, 0.4) is 0 Å². The minimum atomic E-state index is -1.21. The molecule has 10 aliphatic rings. The molecule has 11 N–H and O–H groups in total. The van der Waals surface area contributed by atoms with E-state index in [1.54, 1.807) is 101 Å². The summed E-state index contributed by atoms with van der Waals surface area (Å²) < 4.78 is 66.8. The number of benzene rings is 7. The van der Waals surface area contributed by atoms with Gasteiger partial charge in [0, 0.05) is 100 Å². The van der Waals surface area contributed by atoms with E-state index in [-0.39, 0.29) is 83.9 Å². The highest BCUT2D eigenvalue weighted by atomic mass is 79.9. The fraction of sp³-hybridized carbons (Fsp3) is 0.349. The van der Waals surface area contributed by atoms with Gasteiger partial charge in [0.2, 0.25) is 36.3 Å². The molecule has 0 radical (unpaired) electrons. The van der Waals surface area contributed by atoms with Crippen molar-refractivity contribution in [3.63, 3.8) is 0 Å². The van der Waals surface area contributed by atoms with Crippen molar-refractivity contribution < 1.29 is 60.6 Å². The minimum absolute atomic E-state index is 0.00778. The molecule has 7 amide bonds. The van der Waals surface area contributed by atoms with E-state index in [0.717, 1.165) is 131 Å². The first-order chi connectivity index (χ1) is 69.1. The van der Waals surface area contributed by atoms with Gasteiger partial charge in [-0.3, -0.25) is 63.0 Å². The zero-order chi connectivity index (χ0) is 104. The van der Waals surface area contributed by atoms with Crippen LogP contribution in [0.1, 0.15) is 193 Å². The zero-order valence-corrected chi connectivity index (χ0v) is 84.9. The molecule has 748 valence electrons. The Morgan fingerprint density at radius 3 is 1.57 bits per heavy atom. The highest BCUT2D eigenvalue weighted by Crippen LogP contribution is 2.54. The van der Waals surface area contributed by atoms with Crippen LogP contribution in [0.5, 0.6) is 11.5 Å². The number of aromatic nitrogens is 2. The number of likely N-dealkylation sites (tertiary alicyclic amines) is 1. The number of fused-ring (bicyclic) bond motifs is 1. The first kappa shape index (κ1) is 103. The summed E-state index contributed by atoms with van der Waals surface area (Å²) in [6.45, 7) is 10.7. The second kappa shape index (κ2) is 41.1. The van der Waals surface area contributed by atoms with Crippen molar-refractivity contribution in [3.8, 4) is 52.1 Å². The molecule has 1 saturated heterocycles. The number of guanidine groups is 5. The quantitative estimate of drug-likeness (QED) is 0.0323. The molecule has 20 rings (SSSR count). The monoisotopic (exact) mass is 2080 g/mol. The number of carbonyl (C=O) groups is 7. The maximum absolute atomic E-state index is 14.0. The lowest BCUT2D eigenvalue weighted by atomic mass is 9.74. The number of hydrogen-bond donors (Lipinski definition) is 6. The molecule has 8 atom stereocenters. The second-order valence-corrected chi connectivity index (χ2v) is 42.0. The van der Waals surface area contributed by atoms with Crippen molar-refractivity contribution in [3.05, 3.63) is 280 Å². The minimum Gasteiger partial charge on any atom is -0.454 e. The first-order valence-corrected chi connectivity index (χ1v) is 50.0. The predicted octanol–water partition coefficient (Wildman–Crippen LogP) is 15.0. The first-order valence-electron chi connectivity index (χ1n) is 47.0. The summed E-state index contributed by atoms with van der Waals surface area (Å²) in [6, 6.07) is 55.1. The molecule has 3 aromatic heterocycles. The Bertz CT molecular complexity index is 6930. The number of amides is 7. The molecule has 31 nitrogen and oxygen atoms in total. The molecule has 1 unspecified atom stereocenters. The number of nitrogens with two attached hydrogens (primary N) is 5. The number of nitriles is 3. The van der Waals surface area contributed by atoms with Crippen LogP contribution in [0.4, 0.5) is 17.6 Å². The van der Waals surface area contributed by atoms with E-state index >= 15 is 0 Å². The van der Waals surface area contributed by atoms with Crippen LogP contribution in [0.15, 0.2) is 216 Å². The molecule has 10 heterocycles. The molecule has 0 spiro atoms. The lowest BCUT2D eigenvalue weighted by molar-refractivity contribution is -0.133. The molecule has 0 bridgehead atoms. The lowest BCUT2D eigenvalue weighted by Gasteiger charge is -2.41. The van der Waals surface area contributed by atoms with Gasteiger partial charge in [-0.05, 0) is 242 Å². The molecule has 4 fully saturated rings. The number of rotatable bonds is 19. The summed E-state index contributed by atoms with van der Waals surface area (Å²) in [7, 11) is 6.31. The molecular formula is C106H106BrClF4N22O9S2. The number of nitrogens with zero attached hydrogens (tertiary/aromatic N) is 16. The van der Waals surface area contributed by atoms with Crippen LogP contribution in [-0.4, -0.2) is 177 Å². The van der Waals surface area contributed by atoms with E-state index in [9.17, 15) is 61.6 Å². The number of thiophene rings is 1. The molecule has 39 heteroatoms. The summed E-state index contributed by atoms with van der Waals surface area (Å²) in [5.74, 6) is -4.39. The number of pyridine rings is 1. The van der Waals surface area contributed by atoms with Crippen molar-refractivity contribution in [2.75, 3.05) is 60.5 Å². The van der Waals surface area contributed by atoms with Crippen molar-refractivity contribution in [1.82, 2.24) is 44.7 Å². The number of thiazole rings is 1. The third-order valence-corrected chi connectivity index (χ3v) is 31.8. The van der Waals surface area contributed by atoms with E-state index in [1.165, 1.54) is 63.4 Å². The number of piperidine rings is 1. The molecule has 7 aromatic carbocycles. The van der Waals surface area contributed by atoms with Gasteiger partial charge in [-0.2, -0.15) is 15.8 Å². The van der Waals surface area contributed by atoms with E-state index in [0.29, 0.717) is 99.1 Å². The predicted molar refractivity (Wildman–Crippen MR) is 545 cm³/mol. The van der Waals surface area contributed by atoms with Gasteiger partial charge in [-0.25, -0.2) is 47.5 Å². The smallest absolute Gasteiger partial charge is 0.261 e. The number of hydrogen-bond acceptors (Lipinski definition) is 26. The molecule has 7 aliphatic heterocycles. The average molecular weight is 2090 g/mol. The average Bonchev–Trinajstić information content (AvgIpc) is 1.14. The highest BCUT2D eigenvalue weighted by molar-refractivity contribution is 9.11. The van der Waals surface area contributed by atoms with Crippen molar-refractivity contribution in [2.45, 2.75) is 168 Å². The summed E-state index contributed by atoms with van der Waals surface area (Å²) >= 11 is 12.2. The molecular weight excluding hydrogens is 1980 g/mol. The van der Waals surface area contributed by atoms with Gasteiger partial charge in [0.25, 0.3) is 11.8 Å². The number of ether oxygens (including phenoxy) is 2. The third kappa shape index (κ3) is 20.7. The number of likely N-dealkylation sites (N-methyl/N-ethyl adjacent to an activating group) is 3. The third-order valence-electron chi connectivity index (χ3n) is 28.7. The van der Waals surface area contributed by atoms with Gasteiger partial charge in [0.1, 0.15) is 33.2 Å². The van der Waals surface area contributed by atoms with Crippen molar-refractivity contribution in [1.29, 1.82) is 15.8 Å². The van der Waals surface area contributed by atoms with Gasteiger partial charge >= 0.3 is 0 Å². The van der Waals surface area contributed by atoms with Crippen molar-refractivity contribution in [2.24, 2.45) is 59.5 Å². The van der Waals surface area contributed by atoms with Crippen LogP contribution in [-0.2, 0) is 67.3 Å². The maximum atomic E-state index is 14.0. The molecule has 10 aromatic rings. The van der Waals surface area contributed by atoms with E-state index < -0.39 is 79.5 Å². The zero-order valence-electron chi connectivity index (χ0n) is 80.9. The number of alkyl halides is 1. The number of carbonyl (C=O) groups excluding carboxylic acids is 7. The summed E-state index contributed by atoms with van der Waals surface area (Å²) in [4.78, 5) is 131. The van der Waals surface area contributed by atoms with Crippen LogP contribution in [0.2, 0.25) is 0 Å². The van der Waals surface area contributed by atoms with E-state index in [4.69, 9.17) is 65.0 Å². The van der Waals surface area contributed by atoms with Crippen LogP contribution in [0, 0.1) is 63.2 Å². The van der Waals surface area contributed by atoms with Gasteiger partial charge < -0.3 is 48.4 Å². The van der Waals surface area contributed by atoms with Gasteiger partial charge in [0.05, 0.1) is 62.2 Å². The van der Waals surface area contributed by atoms with E-state index in [1.807, 2.05) is 114 Å². The van der Waals surface area contributed by atoms with Gasteiger partial charge in [0.15, 0.2) is 70.1 Å². The Balaban J connectivity index is 0.000000131. The van der Waals surface area contributed by atoms with Crippen molar-refractivity contribution >= 4 is 121 Å². The lowest BCUT2D eigenvalue weighted by Crippen LogP contribution is -2.52. The van der Waals surface area contributed by atoms with Crippen LogP contribution in [0.25, 0.3) is 22.4 Å². The number of aliphatic imine (C=N–C) groups is 5. The summed E-state index contributed by atoms with van der Waals surface area (Å²) in [5, 5.41) is 33.5. The second-order valence-electron chi connectivity index (χ2n) is 38.3. The Morgan fingerprint density at radius 2 is 1.07 bits per heavy atom. The summed E-state index contributed by atoms with van der Waals surface area (Å²) in [6.07, 6.45) is 12.1. The van der Waals surface area contributed by atoms with E-state index in [2.05, 4.69) is 64.4 Å². The highest BCUT2D eigenvalue weighted by Gasteiger charge is 2.54. The SMILES string of the molecule is CC(=O)N1CCC(CN2C(=O)C(C)(c3cccc(-c4cccc(C(=O)NC5CC5)c4)c3)N=C2N)CC1.CN1C(=O)C[C@@](CCCCl)(c2ccc(Br)s2)N=C1N.CN1C(=O)[C@@H](c2ccc(C3(C#N)CC3)cc2)[C@@](C)(c2ccc(F)c(F)c2)N=C1N.CN1C(=O)[C@H](c2ccc(C3(C#N)CC3)cc2)[C@@](C)(c2ccc(F)c(F)c2)N=C1N.CN1C(=O)[C@H](c2ccc3c(c2)OCO3)[C@@](C)(c2nc(-c3cncc(C#N)c3)cs2)N=C1N. The van der Waals surface area contributed by atoms with Gasteiger partial charge in [-0.1, -0.05) is 97.1 Å². The van der Waals surface area contributed by atoms with Crippen LogP contribution >= 0.6 is 50.2 Å². The number of nitrogens with one attached hydrogen (secondary N) is 1. The number of halogens is 6. The maximum Gasteiger partial charge on any atom is 0.261 e. The topological polar surface area (TPSA) is 458 Å². The Kier molecular flexibility index (Phi) is 29.3. The normalized spacial score (nSPS) is 23.7.